The van der Waals surface area contributed by atoms with E-state index in [0.29, 0.717) is 5.69 Å². The number of piperidine rings is 1. The van der Waals surface area contributed by atoms with Crippen LogP contribution in [0.25, 0.3) is 5.69 Å². The molecule has 7 nitrogen and oxygen atoms in total. The van der Waals surface area contributed by atoms with Gasteiger partial charge in [-0.1, -0.05) is 18.2 Å². The van der Waals surface area contributed by atoms with Gasteiger partial charge in [0.05, 0.1) is 29.8 Å². The van der Waals surface area contributed by atoms with Crippen LogP contribution < -0.4 is 5.32 Å². The summed E-state index contributed by atoms with van der Waals surface area (Å²) in [5.41, 5.74) is 1.63. The first-order valence-corrected chi connectivity index (χ1v) is 8.48. The molecule has 1 fully saturated rings. The van der Waals surface area contributed by atoms with Crippen molar-refractivity contribution in [1.82, 2.24) is 24.6 Å². The number of H-pyrrole nitrogens is 1. The minimum atomic E-state index is -0.117. The number of hydrogen-bond acceptors (Lipinski definition) is 3. The van der Waals surface area contributed by atoms with Crippen LogP contribution >= 0.6 is 0 Å². The van der Waals surface area contributed by atoms with Crippen molar-refractivity contribution < 1.29 is 4.79 Å². The molecule has 7 heteroatoms. The standard InChI is InChI=1S/C18H20N6O/c25-18(23-11-5-4-8-16(23)17-19-9-10-20-17)22-14-12-21-24(13-14)15-6-2-1-3-7-15/h1-3,6-7,9-10,12-13,16H,4-5,8,11H2,(H,19,20)(H,22,25). The second-order valence-corrected chi connectivity index (χ2v) is 6.12. The molecule has 2 N–H and O–H groups in total. The molecule has 0 saturated carbocycles. The molecule has 0 radical (unpaired) electrons. The number of benzene rings is 1. The van der Waals surface area contributed by atoms with E-state index in [1.807, 2.05) is 41.4 Å². The molecule has 0 aliphatic carbocycles. The summed E-state index contributed by atoms with van der Waals surface area (Å²) in [7, 11) is 0. The predicted octanol–water partition coefficient (Wildman–Crippen LogP) is 3.35. The first-order valence-electron chi connectivity index (χ1n) is 8.48. The molecule has 1 aromatic carbocycles. The highest BCUT2D eigenvalue weighted by molar-refractivity contribution is 5.89. The molecule has 1 saturated heterocycles. The lowest BCUT2D eigenvalue weighted by molar-refractivity contribution is 0.160. The average Bonchev–Trinajstić information content (AvgIpc) is 3.34. The zero-order chi connectivity index (χ0) is 17.1. The van der Waals surface area contributed by atoms with Crippen LogP contribution in [0.2, 0.25) is 0 Å². The Kier molecular flexibility index (Phi) is 4.20. The molecular weight excluding hydrogens is 316 g/mol. The molecule has 0 spiro atoms. The molecule has 1 unspecified atom stereocenters. The fraction of sp³-hybridized carbons (Fsp3) is 0.278. The summed E-state index contributed by atoms with van der Waals surface area (Å²) in [6, 6.07) is 9.68. The van der Waals surface area contributed by atoms with Crippen LogP contribution in [0.15, 0.2) is 55.1 Å². The summed E-state index contributed by atoms with van der Waals surface area (Å²) < 4.78 is 1.75. The molecule has 2 aromatic heterocycles. The van der Waals surface area contributed by atoms with Crippen molar-refractivity contribution in [3.05, 3.63) is 60.9 Å². The SMILES string of the molecule is O=C(Nc1cnn(-c2ccccc2)c1)N1CCCCC1c1ncc[nH]1. The number of rotatable bonds is 3. The van der Waals surface area contributed by atoms with E-state index < -0.39 is 0 Å². The molecule has 4 rings (SSSR count). The lowest BCUT2D eigenvalue weighted by Crippen LogP contribution is -2.41. The van der Waals surface area contributed by atoms with E-state index in [4.69, 9.17) is 0 Å². The second-order valence-electron chi connectivity index (χ2n) is 6.12. The fourth-order valence-corrected chi connectivity index (χ4v) is 3.22. The summed E-state index contributed by atoms with van der Waals surface area (Å²) >= 11 is 0. The Balaban J connectivity index is 1.48. The van der Waals surface area contributed by atoms with Gasteiger partial charge in [0, 0.05) is 18.9 Å². The van der Waals surface area contributed by atoms with E-state index in [9.17, 15) is 4.79 Å². The largest absolute Gasteiger partial charge is 0.347 e. The lowest BCUT2D eigenvalue weighted by Gasteiger charge is -2.34. The van der Waals surface area contributed by atoms with Gasteiger partial charge in [0.1, 0.15) is 5.82 Å². The van der Waals surface area contributed by atoms with Gasteiger partial charge >= 0.3 is 6.03 Å². The van der Waals surface area contributed by atoms with Gasteiger partial charge < -0.3 is 15.2 Å². The third-order valence-electron chi connectivity index (χ3n) is 4.45. The number of aromatic amines is 1. The zero-order valence-corrected chi connectivity index (χ0v) is 13.8. The smallest absolute Gasteiger partial charge is 0.322 e. The fourth-order valence-electron chi connectivity index (χ4n) is 3.22. The van der Waals surface area contributed by atoms with Gasteiger partial charge in [-0.15, -0.1) is 0 Å². The van der Waals surface area contributed by atoms with Crippen molar-refractivity contribution in [2.45, 2.75) is 25.3 Å². The highest BCUT2D eigenvalue weighted by Crippen LogP contribution is 2.29. The summed E-state index contributed by atoms with van der Waals surface area (Å²) in [5, 5.41) is 7.27. The minimum Gasteiger partial charge on any atom is -0.347 e. The van der Waals surface area contributed by atoms with Crippen molar-refractivity contribution in [3.8, 4) is 5.69 Å². The zero-order valence-electron chi connectivity index (χ0n) is 13.8. The molecule has 2 amide bonds. The van der Waals surface area contributed by atoms with Crippen LogP contribution in [-0.4, -0.2) is 37.2 Å². The van der Waals surface area contributed by atoms with Crippen molar-refractivity contribution >= 4 is 11.7 Å². The Hall–Kier alpha value is -3.09. The normalized spacial score (nSPS) is 17.4. The van der Waals surface area contributed by atoms with Crippen molar-refractivity contribution in [2.75, 3.05) is 11.9 Å². The van der Waals surface area contributed by atoms with E-state index in [0.717, 1.165) is 37.3 Å². The van der Waals surface area contributed by atoms with Crippen LogP contribution in [0.1, 0.15) is 31.1 Å². The lowest BCUT2D eigenvalue weighted by atomic mass is 10.0. The Morgan fingerprint density at radius 3 is 2.92 bits per heavy atom. The van der Waals surface area contributed by atoms with Gasteiger partial charge in [-0.05, 0) is 31.4 Å². The quantitative estimate of drug-likeness (QED) is 0.770. The number of carbonyl (C=O) groups is 1. The average molecular weight is 336 g/mol. The third-order valence-corrected chi connectivity index (χ3v) is 4.45. The molecule has 3 aromatic rings. The number of nitrogens with zero attached hydrogens (tertiary/aromatic N) is 4. The maximum Gasteiger partial charge on any atom is 0.322 e. The summed E-state index contributed by atoms with van der Waals surface area (Å²) in [5.74, 6) is 0.842. The summed E-state index contributed by atoms with van der Waals surface area (Å²) in [4.78, 5) is 22.1. The van der Waals surface area contributed by atoms with E-state index in [1.165, 1.54) is 0 Å². The molecule has 1 atom stereocenters. The molecule has 1 aliphatic heterocycles. The number of imidazole rings is 1. The number of anilines is 1. The number of amides is 2. The Morgan fingerprint density at radius 2 is 2.12 bits per heavy atom. The second kappa shape index (κ2) is 6.80. The van der Waals surface area contributed by atoms with Crippen LogP contribution in [0.5, 0.6) is 0 Å². The minimum absolute atomic E-state index is 0.00656. The van der Waals surface area contributed by atoms with Gasteiger partial charge in [-0.25, -0.2) is 14.5 Å². The number of aromatic nitrogens is 4. The number of urea groups is 1. The maximum absolute atomic E-state index is 12.8. The van der Waals surface area contributed by atoms with E-state index in [2.05, 4.69) is 20.4 Å². The number of likely N-dealkylation sites (tertiary alicyclic amines) is 1. The Labute approximate surface area is 145 Å². The van der Waals surface area contributed by atoms with Crippen molar-refractivity contribution in [2.24, 2.45) is 0 Å². The van der Waals surface area contributed by atoms with Crippen molar-refractivity contribution in [3.63, 3.8) is 0 Å². The van der Waals surface area contributed by atoms with E-state index >= 15 is 0 Å². The maximum atomic E-state index is 12.8. The highest BCUT2D eigenvalue weighted by Gasteiger charge is 2.29. The molecule has 0 bridgehead atoms. The summed E-state index contributed by atoms with van der Waals surface area (Å²) in [6.45, 7) is 0.726. The number of carbonyl (C=O) groups excluding carboxylic acids is 1. The van der Waals surface area contributed by atoms with Gasteiger partial charge in [-0.3, -0.25) is 0 Å². The highest BCUT2D eigenvalue weighted by atomic mass is 16.2. The molecule has 3 heterocycles. The monoisotopic (exact) mass is 336 g/mol. The van der Waals surface area contributed by atoms with E-state index in [-0.39, 0.29) is 12.1 Å². The van der Waals surface area contributed by atoms with Gasteiger partial charge in [-0.2, -0.15) is 5.10 Å². The van der Waals surface area contributed by atoms with Crippen LogP contribution in [0, 0.1) is 0 Å². The van der Waals surface area contributed by atoms with Crippen LogP contribution in [0.3, 0.4) is 0 Å². The summed E-state index contributed by atoms with van der Waals surface area (Å²) in [6.07, 6.45) is 10.0. The molecule has 128 valence electrons. The van der Waals surface area contributed by atoms with Gasteiger partial charge in [0.25, 0.3) is 0 Å². The molecular formula is C18H20N6O. The topological polar surface area (TPSA) is 78.8 Å². The third kappa shape index (κ3) is 3.26. The number of para-hydroxylation sites is 1. The molecule has 25 heavy (non-hydrogen) atoms. The number of hydrogen-bond donors (Lipinski definition) is 2. The first kappa shape index (κ1) is 15.4. The van der Waals surface area contributed by atoms with Crippen molar-refractivity contribution in [1.29, 1.82) is 0 Å². The van der Waals surface area contributed by atoms with Gasteiger partial charge in [0.2, 0.25) is 0 Å². The Bertz CT molecular complexity index is 826. The van der Waals surface area contributed by atoms with E-state index in [1.54, 1.807) is 23.3 Å². The van der Waals surface area contributed by atoms with Crippen LogP contribution in [0.4, 0.5) is 10.5 Å². The predicted molar refractivity (Wildman–Crippen MR) is 94.5 cm³/mol. The van der Waals surface area contributed by atoms with Crippen LogP contribution in [-0.2, 0) is 0 Å². The Morgan fingerprint density at radius 1 is 1.24 bits per heavy atom. The molecule has 1 aliphatic rings. The number of nitrogens with one attached hydrogen (secondary N) is 2. The first-order chi connectivity index (χ1) is 12.3. The van der Waals surface area contributed by atoms with Gasteiger partial charge in [0.15, 0.2) is 0 Å².